The topological polar surface area (TPSA) is 95.1 Å². The lowest BCUT2D eigenvalue weighted by molar-refractivity contribution is -0.118. The van der Waals surface area contributed by atoms with Gasteiger partial charge < -0.3 is 4.74 Å². The Morgan fingerprint density at radius 2 is 2.23 bits per heavy atom. The molecule has 1 aromatic heterocycles. The summed E-state index contributed by atoms with van der Waals surface area (Å²) in [6.45, 7) is 11.0. The largest absolute Gasteiger partial charge is 0.486 e. The Labute approximate surface area is 158 Å². The quantitative estimate of drug-likeness (QED) is 0.230. The molecular weight excluding hydrogens is 350 g/mol. The monoisotopic (exact) mass is 375 g/mol. The number of allylic oxidation sites excluding steroid dienone is 1. The molecule has 0 radical (unpaired) electrons. The van der Waals surface area contributed by atoms with E-state index in [1.54, 1.807) is 6.08 Å². The molecule has 0 spiro atoms. The van der Waals surface area contributed by atoms with Gasteiger partial charge in [0.15, 0.2) is 11.0 Å². The maximum atomic E-state index is 11.3. The number of amides is 1. The summed E-state index contributed by atoms with van der Waals surface area (Å²) in [6, 6.07) is 6.10. The van der Waals surface area contributed by atoms with Gasteiger partial charge in [0, 0.05) is 6.54 Å². The van der Waals surface area contributed by atoms with E-state index >= 15 is 0 Å². The van der Waals surface area contributed by atoms with E-state index in [9.17, 15) is 4.79 Å². The van der Waals surface area contributed by atoms with Crippen LogP contribution in [0.5, 0.6) is 5.75 Å². The van der Waals surface area contributed by atoms with Gasteiger partial charge >= 0.3 is 0 Å². The summed E-state index contributed by atoms with van der Waals surface area (Å²) >= 11 is 1.26. The van der Waals surface area contributed by atoms with Gasteiger partial charge in [-0.25, -0.2) is 5.84 Å². The van der Waals surface area contributed by atoms with Gasteiger partial charge in [-0.3, -0.25) is 14.8 Å². The highest BCUT2D eigenvalue weighted by Gasteiger charge is 2.14. The van der Waals surface area contributed by atoms with Crippen molar-refractivity contribution in [1.82, 2.24) is 20.2 Å². The number of nitrogens with one attached hydrogen (secondary N) is 1. The van der Waals surface area contributed by atoms with Crippen LogP contribution in [0.2, 0.25) is 0 Å². The molecule has 0 atom stereocenters. The van der Waals surface area contributed by atoms with Crippen molar-refractivity contribution in [3.8, 4) is 5.75 Å². The van der Waals surface area contributed by atoms with Gasteiger partial charge in [-0.1, -0.05) is 37.8 Å². The number of rotatable bonds is 9. The third-order valence-electron chi connectivity index (χ3n) is 3.83. The van der Waals surface area contributed by atoms with E-state index < -0.39 is 0 Å². The molecule has 1 amide bonds. The van der Waals surface area contributed by atoms with Crippen molar-refractivity contribution in [2.24, 2.45) is 5.84 Å². The molecule has 0 bridgehead atoms. The maximum absolute atomic E-state index is 11.3. The minimum Gasteiger partial charge on any atom is -0.486 e. The first kappa shape index (κ1) is 20.0. The fraction of sp³-hybridized carbons (Fsp3) is 0.389. The third kappa shape index (κ3) is 5.09. The van der Waals surface area contributed by atoms with Crippen molar-refractivity contribution >= 4 is 17.7 Å². The number of nitrogens with zero attached hydrogens (tertiary/aromatic N) is 3. The fourth-order valence-corrected chi connectivity index (χ4v) is 3.33. The average Bonchev–Trinajstić information content (AvgIpc) is 2.99. The van der Waals surface area contributed by atoms with E-state index in [2.05, 4.69) is 49.0 Å². The summed E-state index contributed by atoms with van der Waals surface area (Å²) in [4.78, 5) is 11.3. The number of ether oxygens (including phenoxy) is 1. The highest BCUT2D eigenvalue weighted by atomic mass is 32.2. The predicted molar refractivity (Wildman–Crippen MR) is 103 cm³/mol. The first-order chi connectivity index (χ1) is 12.5. The fourth-order valence-electron chi connectivity index (χ4n) is 2.55. The number of aromatic nitrogens is 3. The van der Waals surface area contributed by atoms with Gasteiger partial charge in [0.05, 0.1) is 5.75 Å². The van der Waals surface area contributed by atoms with Crippen LogP contribution in [0.15, 0.2) is 36.0 Å². The molecule has 0 aliphatic rings. The molecule has 2 aromatic rings. The second-order valence-electron chi connectivity index (χ2n) is 6.12. The number of nitrogens with two attached hydrogens (primary N) is 1. The molecule has 1 heterocycles. The van der Waals surface area contributed by atoms with Crippen LogP contribution in [0.3, 0.4) is 0 Å². The van der Waals surface area contributed by atoms with Gasteiger partial charge in [-0.15, -0.1) is 16.8 Å². The van der Waals surface area contributed by atoms with Crippen LogP contribution in [0.4, 0.5) is 0 Å². The molecule has 140 valence electrons. The van der Waals surface area contributed by atoms with Crippen LogP contribution in [-0.4, -0.2) is 26.4 Å². The van der Waals surface area contributed by atoms with Crippen molar-refractivity contribution in [2.75, 3.05) is 5.75 Å². The maximum Gasteiger partial charge on any atom is 0.244 e. The molecule has 26 heavy (non-hydrogen) atoms. The van der Waals surface area contributed by atoms with Gasteiger partial charge in [0.25, 0.3) is 0 Å². The van der Waals surface area contributed by atoms with Crippen molar-refractivity contribution in [3.05, 3.63) is 47.8 Å². The second-order valence-corrected chi connectivity index (χ2v) is 7.06. The molecule has 7 nitrogen and oxygen atoms in total. The standard InChI is InChI=1S/C18H25N5O2S/c1-5-8-23-16(21-22-18(23)26-11-17(24)20-19)10-25-14-6-7-15(12(2)3)13(4)9-14/h5-7,9,12H,1,8,10-11,19H2,2-4H3,(H,20,24). The Balaban J connectivity index is 2.09. The zero-order chi connectivity index (χ0) is 19.1. The van der Waals surface area contributed by atoms with Gasteiger partial charge in [0.1, 0.15) is 12.4 Å². The highest BCUT2D eigenvalue weighted by Crippen LogP contribution is 2.24. The van der Waals surface area contributed by atoms with E-state index in [0.29, 0.717) is 23.4 Å². The van der Waals surface area contributed by atoms with Crippen LogP contribution in [-0.2, 0) is 17.9 Å². The average molecular weight is 375 g/mol. The summed E-state index contributed by atoms with van der Waals surface area (Å²) in [5.41, 5.74) is 4.61. The molecule has 0 aliphatic heterocycles. The van der Waals surface area contributed by atoms with Crippen LogP contribution >= 0.6 is 11.8 Å². The van der Waals surface area contributed by atoms with E-state index in [4.69, 9.17) is 10.6 Å². The first-order valence-corrected chi connectivity index (χ1v) is 9.33. The Morgan fingerprint density at radius 3 is 2.85 bits per heavy atom. The summed E-state index contributed by atoms with van der Waals surface area (Å²) in [6.07, 6.45) is 1.75. The number of carbonyl (C=O) groups excluding carboxylic acids is 1. The lowest BCUT2D eigenvalue weighted by Gasteiger charge is -2.13. The van der Waals surface area contributed by atoms with Crippen LogP contribution in [0.1, 0.15) is 36.7 Å². The van der Waals surface area contributed by atoms with Crippen LogP contribution < -0.4 is 16.0 Å². The Bertz CT molecular complexity index is 773. The highest BCUT2D eigenvalue weighted by molar-refractivity contribution is 7.99. The van der Waals surface area contributed by atoms with E-state index in [1.165, 1.54) is 22.9 Å². The lowest BCUT2D eigenvalue weighted by Crippen LogP contribution is -2.31. The minimum absolute atomic E-state index is 0.169. The number of carbonyl (C=O) groups is 1. The number of thioether (sulfide) groups is 1. The van der Waals surface area contributed by atoms with Crippen molar-refractivity contribution in [3.63, 3.8) is 0 Å². The Morgan fingerprint density at radius 1 is 1.46 bits per heavy atom. The second kappa shape index (κ2) is 9.40. The third-order valence-corrected chi connectivity index (χ3v) is 4.80. The van der Waals surface area contributed by atoms with Gasteiger partial charge in [0.2, 0.25) is 5.91 Å². The van der Waals surface area contributed by atoms with Gasteiger partial charge in [-0.05, 0) is 36.1 Å². The number of hydrogen-bond acceptors (Lipinski definition) is 6. The number of hydrazine groups is 1. The summed E-state index contributed by atoms with van der Waals surface area (Å²) in [7, 11) is 0. The molecule has 0 saturated carbocycles. The van der Waals surface area contributed by atoms with Gasteiger partial charge in [-0.2, -0.15) is 0 Å². The SMILES string of the molecule is C=CCn1c(COc2ccc(C(C)C)c(C)c2)nnc1SCC(=O)NN. The molecule has 0 fully saturated rings. The van der Waals surface area contributed by atoms with Crippen LogP contribution in [0, 0.1) is 6.92 Å². The zero-order valence-electron chi connectivity index (χ0n) is 15.4. The van der Waals surface area contributed by atoms with E-state index in [0.717, 1.165) is 5.75 Å². The normalized spacial score (nSPS) is 10.8. The summed E-state index contributed by atoms with van der Waals surface area (Å²) < 4.78 is 7.76. The molecular formula is C18H25N5O2S. The Hall–Kier alpha value is -2.32. The molecule has 0 aliphatic carbocycles. The molecule has 0 unspecified atom stereocenters. The smallest absolute Gasteiger partial charge is 0.244 e. The number of hydrogen-bond donors (Lipinski definition) is 2. The zero-order valence-corrected chi connectivity index (χ0v) is 16.2. The van der Waals surface area contributed by atoms with Crippen LogP contribution in [0.25, 0.3) is 0 Å². The summed E-state index contributed by atoms with van der Waals surface area (Å²) in [5.74, 6) is 6.93. The number of aryl methyl sites for hydroxylation is 1. The molecule has 3 N–H and O–H groups in total. The minimum atomic E-state index is -0.276. The summed E-state index contributed by atoms with van der Waals surface area (Å²) in [5, 5.41) is 8.94. The first-order valence-electron chi connectivity index (χ1n) is 8.34. The molecule has 8 heteroatoms. The number of benzene rings is 1. The van der Waals surface area contributed by atoms with Crippen molar-refractivity contribution in [1.29, 1.82) is 0 Å². The Kier molecular flexibility index (Phi) is 7.23. The van der Waals surface area contributed by atoms with Crippen molar-refractivity contribution in [2.45, 2.75) is 45.0 Å². The molecule has 2 rings (SSSR count). The lowest BCUT2D eigenvalue weighted by atomic mass is 9.98. The van der Waals surface area contributed by atoms with E-state index in [1.807, 2.05) is 16.7 Å². The van der Waals surface area contributed by atoms with E-state index in [-0.39, 0.29) is 18.3 Å². The molecule has 0 saturated heterocycles. The molecule has 1 aromatic carbocycles. The predicted octanol–water partition coefficient (Wildman–Crippen LogP) is 2.56. The van der Waals surface area contributed by atoms with Crippen molar-refractivity contribution < 1.29 is 9.53 Å².